The quantitative estimate of drug-likeness (QED) is 0.158. The lowest BCUT2D eigenvalue weighted by atomic mass is 10.0. The van der Waals surface area contributed by atoms with E-state index in [-0.39, 0.29) is 0 Å². The van der Waals surface area contributed by atoms with Gasteiger partial charge in [0.25, 0.3) is 0 Å². The molecule has 0 aromatic rings. The number of amides is 2. The predicted octanol–water partition coefficient (Wildman–Crippen LogP) is -3.25. The van der Waals surface area contributed by atoms with Crippen molar-refractivity contribution in [2.75, 3.05) is 52.4 Å². The molecule has 0 aromatic carbocycles. The van der Waals surface area contributed by atoms with Crippen molar-refractivity contribution in [3.63, 3.8) is 0 Å². The highest BCUT2D eigenvalue weighted by Crippen LogP contribution is 2.27. The summed E-state index contributed by atoms with van der Waals surface area (Å²) in [5.41, 5.74) is 0. The average Bonchev–Trinajstić information content (AvgIpc) is 3.67. The minimum atomic E-state index is -2.36. The summed E-state index contributed by atoms with van der Waals surface area (Å²) in [5, 5.41) is 58.2. The van der Waals surface area contributed by atoms with Crippen molar-refractivity contribution in [2.45, 2.75) is 51.1 Å². The van der Waals surface area contributed by atoms with Crippen molar-refractivity contribution >= 4 is 23.8 Å². The Labute approximate surface area is 221 Å². The molecule has 8 N–H and O–H groups in total. The summed E-state index contributed by atoms with van der Waals surface area (Å²) in [6.45, 7) is 12.3. The molecule has 4 heterocycles. The molecule has 0 aliphatic carbocycles. The third kappa shape index (κ3) is 8.32. The van der Waals surface area contributed by atoms with Crippen LogP contribution in [-0.4, -0.2) is 141 Å². The fourth-order valence-electron chi connectivity index (χ4n) is 5.23. The van der Waals surface area contributed by atoms with Gasteiger partial charge < -0.3 is 51.1 Å². The predicted molar refractivity (Wildman–Crippen MR) is 133 cm³/mol. The lowest BCUT2D eigenvalue weighted by Gasteiger charge is -2.21. The van der Waals surface area contributed by atoms with Crippen molar-refractivity contribution in [3.05, 3.63) is 0 Å². The highest BCUT2D eigenvalue weighted by atomic mass is 16.4. The molecule has 4 aliphatic rings. The van der Waals surface area contributed by atoms with Gasteiger partial charge in [-0.25, -0.2) is 9.59 Å². The van der Waals surface area contributed by atoms with E-state index in [0.717, 1.165) is 76.0 Å². The largest absolute Gasteiger partial charge is 0.479 e. The Balaban J connectivity index is 0.000000200. The van der Waals surface area contributed by atoms with E-state index in [4.69, 9.17) is 30.6 Å². The van der Waals surface area contributed by atoms with Gasteiger partial charge in [0.15, 0.2) is 12.2 Å². The van der Waals surface area contributed by atoms with Crippen molar-refractivity contribution in [3.8, 4) is 0 Å². The van der Waals surface area contributed by atoms with E-state index in [1.54, 1.807) is 0 Å². The van der Waals surface area contributed by atoms with E-state index in [0.29, 0.717) is 24.7 Å². The fraction of sp³-hybridized carbons (Fsp3) is 0.833. The Hall–Kier alpha value is -2.36. The van der Waals surface area contributed by atoms with E-state index < -0.39 is 36.4 Å². The molecule has 0 bridgehead atoms. The van der Waals surface area contributed by atoms with Gasteiger partial charge in [-0.15, -0.1) is 0 Å². The monoisotopic (exact) mass is 546 g/mol. The van der Waals surface area contributed by atoms with Crippen LogP contribution >= 0.6 is 0 Å². The summed E-state index contributed by atoms with van der Waals surface area (Å²) in [6, 6.07) is 0. The molecule has 0 radical (unpaired) electrons. The molecule has 0 spiro atoms. The van der Waals surface area contributed by atoms with Gasteiger partial charge in [0, 0.05) is 65.2 Å². The maximum absolute atomic E-state index is 11.4. The Kier molecular flexibility index (Phi) is 12.3. The molecular weight excluding hydrogens is 504 g/mol. The normalized spacial score (nSPS) is 28.6. The Morgan fingerprint density at radius 1 is 0.632 bits per heavy atom. The SMILES string of the molecule is CCC(=O)N1CC2CNCC2C1.CCC(=O)N1CC2CNCC2C1.O=C(O)[C@@H](O)[C@H](O)[C@H](O)[C@@H](O)C(=O)O. The van der Waals surface area contributed by atoms with E-state index in [2.05, 4.69) is 10.6 Å². The summed E-state index contributed by atoms with van der Waals surface area (Å²) in [7, 11) is 0. The number of aliphatic hydroxyl groups excluding tert-OH is 4. The van der Waals surface area contributed by atoms with Crippen LogP contribution in [0, 0.1) is 23.7 Å². The second-order valence-electron chi connectivity index (χ2n) is 10.2. The van der Waals surface area contributed by atoms with Gasteiger partial charge in [-0.2, -0.15) is 0 Å². The minimum Gasteiger partial charge on any atom is -0.479 e. The van der Waals surface area contributed by atoms with Crippen LogP contribution in [0.5, 0.6) is 0 Å². The van der Waals surface area contributed by atoms with Crippen LogP contribution in [0.15, 0.2) is 0 Å². The van der Waals surface area contributed by atoms with Gasteiger partial charge in [0.1, 0.15) is 12.2 Å². The molecule has 4 aliphatic heterocycles. The number of carbonyl (C=O) groups is 4. The number of likely N-dealkylation sites (tertiary alicyclic amines) is 2. The molecule has 14 nitrogen and oxygen atoms in total. The van der Waals surface area contributed by atoms with Crippen molar-refractivity contribution in [2.24, 2.45) is 23.7 Å². The van der Waals surface area contributed by atoms with Crippen molar-refractivity contribution in [1.29, 1.82) is 0 Å². The maximum atomic E-state index is 11.4. The van der Waals surface area contributed by atoms with E-state index >= 15 is 0 Å². The van der Waals surface area contributed by atoms with Crippen LogP contribution in [0.25, 0.3) is 0 Å². The first-order valence-corrected chi connectivity index (χ1v) is 13.1. The second-order valence-corrected chi connectivity index (χ2v) is 10.2. The molecule has 2 amide bonds. The Morgan fingerprint density at radius 3 is 1.11 bits per heavy atom. The summed E-state index contributed by atoms with van der Waals surface area (Å²) >= 11 is 0. The molecule has 4 unspecified atom stereocenters. The summed E-state index contributed by atoms with van der Waals surface area (Å²) in [6.07, 6.45) is -7.96. The first-order chi connectivity index (χ1) is 17.9. The van der Waals surface area contributed by atoms with Gasteiger partial charge in [0.05, 0.1) is 0 Å². The third-order valence-corrected chi connectivity index (χ3v) is 7.59. The van der Waals surface area contributed by atoms with E-state index in [1.807, 2.05) is 23.6 Å². The van der Waals surface area contributed by atoms with Gasteiger partial charge >= 0.3 is 11.9 Å². The fourth-order valence-corrected chi connectivity index (χ4v) is 5.23. The molecule has 4 rings (SSSR count). The minimum absolute atomic E-state index is 0.324. The first kappa shape index (κ1) is 31.9. The molecule has 38 heavy (non-hydrogen) atoms. The number of fused-ring (bicyclic) bond motifs is 2. The number of aliphatic carboxylic acids is 2. The number of carboxylic acids is 2. The number of rotatable bonds is 7. The Bertz CT molecular complexity index is 740. The number of nitrogens with one attached hydrogen (secondary N) is 2. The Morgan fingerprint density at radius 2 is 0.895 bits per heavy atom. The maximum Gasteiger partial charge on any atom is 0.335 e. The highest BCUT2D eigenvalue weighted by molar-refractivity contribution is 5.76. The van der Waals surface area contributed by atoms with Crippen LogP contribution in [0.4, 0.5) is 0 Å². The number of carbonyl (C=O) groups excluding carboxylic acids is 2. The van der Waals surface area contributed by atoms with Gasteiger partial charge in [-0.05, 0) is 23.7 Å². The molecular formula is C24H42N4O10. The lowest BCUT2D eigenvalue weighted by Crippen LogP contribution is -2.49. The zero-order valence-electron chi connectivity index (χ0n) is 21.9. The zero-order chi connectivity index (χ0) is 28.6. The summed E-state index contributed by atoms with van der Waals surface area (Å²) in [5.74, 6) is -0.0842. The first-order valence-electron chi connectivity index (χ1n) is 13.1. The third-order valence-electron chi connectivity index (χ3n) is 7.59. The number of aliphatic hydroxyl groups is 4. The van der Waals surface area contributed by atoms with Crippen LogP contribution in [0.2, 0.25) is 0 Å². The second kappa shape index (κ2) is 14.7. The van der Waals surface area contributed by atoms with Crippen molar-refractivity contribution < 1.29 is 49.8 Å². The molecule has 4 saturated heterocycles. The van der Waals surface area contributed by atoms with Crippen LogP contribution in [0.3, 0.4) is 0 Å². The van der Waals surface area contributed by atoms with Crippen LogP contribution < -0.4 is 10.6 Å². The number of hydrogen-bond acceptors (Lipinski definition) is 10. The molecule has 0 aromatic heterocycles. The molecule has 4 fully saturated rings. The molecule has 218 valence electrons. The molecule has 14 heteroatoms. The van der Waals surface area contributed by atoms with Crippen LogP contribution in [0.1, 0.15) is 26.7 Å². The zero-order valence-corrected chi connectivity index (χ0v) is 21.9. The lowest BCUT2D eigenvalue weighted by molar-refractivity contribution is -0.172. The smallest absolute Gasteiger partial charge is 0.335 e. The standard InChI is InChI=1S/2C9H16N2O.C6H10O8/c2*1-2-9(12)11-5-7-3-10-4-8(7)6-11;7-1(3(9)5(11)12)2(8)4(10)6(13)14/h2*7-8,10H,2-6H2,1H3;1-4,7-10H,(H,11,12)(H,13,14)/t;;1-,2+,3+,4-. The van der Waals surface area contributed by atoms with E-state index in [9.17, 15) is 19.2 Å². The van der Waals surface area contributed by atoms with Crippen molar-refractivity contribution in [1.82, 2.24) is 20.4 Å². The summed E-state index contributed by atoms with van der Waals surface area (Å²) < 4.78 is 0. The van der Waals surface area contributed by atoms with Gasteiger partial charge in [-0.3, -0.25) is 9.59 Å². The van der Waals surface area contributed by atoms with E-state index in [1.165, 1.54) is 0 Å². The van der Waals surface area contributed by atoms with Crippen LogP contribution in [-0.2, 0) is 19.2 Å². The number of nitrogens with zero attached hydrogens (tertiary/aromatic N) is 2. The molecule has 0 saturated carbocycles. The van der Waals surface area contributed by atoms with Gasteiger partial charge in [0.2, 0.25) is 11.8 Å². The average molecular weight is 547 g/mol. The highest BCUT2D eigenvalue weighted by Gasteiger charge is 2.39. The topological polar surface area (TPSA) is 220 Å². The van der Waals surface area contributed by atoms with Gasteiger partial charge in [-0.1, -0.05) is 13.8 Å². The number of carboxylic acid groups (broad SMARTS) is 2. The summed E-state index contributed by atoms with van der Waals surface area (Å²) in [4.78, 5) is 46.9. The molecule has 8 atom stereocenters. The number of hydrogen-bond donors (Lipinski definition) is 8.